The smallest absolute Gasteiger partial charge is 0.306 e. The molecule has 2 unspecified atom stereocenters. The molecule has 194 valence electrons. The number of hydrogen-bond donors (Lipinski definition) is 1. The summed E-state index contributed by atoms with van der Waals surface area (Å²) in [4.78, 5) is 18.3. The second-order valence-electron chi connectivity index (χ2n) is 11.1. The average molecular weight is 468 g/mol. The van der Waals surface area contributed by atoms with Crippen molar-refractivity contribution in [3.05, 3.63) is 0 Å². The van der Waals surface area contributed by atoms with Gasteiger partial charge in [-0.15, -0.1) is 9.48 Å². The van der Waals surface area contributed by atoms with Crippen LogP contribution in [0.3, 0.4) is 0 Å². The van der Waals surface area contributed by atoms with Crippen LogP contribution in [0.5, 0.6) is 0 Å². The minimum atomic E-state index is -0.119. The summed E-state index contributed by atoms with van der Waals surface area (Å²) in [5.41, 5.74) is -0.119. The molecule has 33 heavy (non-hydrogen) atoms. The fourth-order valence-electron chi connectivity index (χ4n) is 5.47. The van der Waals surface area contributed by atoms with Gasteiger partial charge in [0, 0.05) is 19.4 Å². The van der Waals surface area contributed by atoms with Gasteiger partial charge in [0.15, 0.2) is 0 Å². The molecule has 0 aromatic carbocycles. The molecule has 0 bridgehead atoms. The molecule has 1 amide bonds. The van der Waals surface area contributed by atoms with Crippen LogP contribution in [0.15, 0.2) is 0 Å². The van der Waals surface area contributed by atoms with Gasteiger partial charge < -0.3 is 10.1 Å². The maximum atomic E-state index is 12.1. The molecule has 2 rings (SSSR count). The third-order valence-corrected chi connectivity index (χ3v) is 7.57. The maximum absolute atomic E-state index is 12.1. The van der Waals surface area contributed by atoms with E-state index in [2.05, 4.69) is 26.1 Å². The molecule has 2 atom stereocenters. The summed E-state index contributed by atoms with van der Waals surface area (Å²) >= 11 is 0. The van der Waals surface area contributed by atoms with E-state index in [9.17, 15) is 4.79 Å². The number of fused-ring (bicyclic) bond motifs is 1. The molecule has 5 heteroatoms. The molecule has 0 spiro atoms. The molecular weight excluding hydrogens is 412 g/mol. The van der Waals surface area contributed by atoms with Gasteiger partial charge in [0.2, 0.25) is 5.91 Å². The van der Waals surface area contributed by atoms with Crippen molar-refractivity contribution in [1.29, 1.82) is 0 Å². The molecule has 2 heterocycles. The van der Waals surface area contributed by atoms with Gasteiger partial charge >= 0.3 is 5.72 Å². The molecule has 0 aromatic rings. The number of hydrogen-bond acceptors (Lipinski definition) is 3. The predicted octanol–water partition coefficient (Wildman–Crippen LogP) is 6.90. The Balaban J connectivity index is 1.33. The van der Waals surface area contributed by atoms with Crippen LogP contribution in [0.4, 0.5) is 0 Å². The van der Waals surface area contributed by atoms with Crippen molar-refractivity contribution in [3.63, 3.8) is 0 Å². The number of rotatable bonds is 21. The lowest BCUT2D eigenvalue weighted by atomic mass is 10.0. The Morgan fingerprint density at radius 1 is 0.909 bits per heavy atom. The van der Waals surface area contributed by atoms with Gasteiger partial charge in [-0.3, -0.25) is 4.79 Å². The summed E-state index contributed by atoms with van der Waals surface area (Å²) in [7, 11) is 0. The summed E-state index contributed by atoms with van der Waals surface area (Å²) in [6, 6.07) is 0. The van der Waals surface area contributed by atoms with Crippen LogP contribution < -0.4 is 5.32 Å². The Morgan fingerprint density at radius 3 is 2.12 bits per heavy atom. The van der Waals surface area contributed by atoms with Crippen molar-refractivity contribution in [3.8, 4) is 0 Å². The first-order valence-corrected chi connectivity index (χ1v) is 14.5. The van der Waals surface area contributed by atoms with E-state index in [1.807, 2.05) is 0 Å². The quantitative estimate of drug-likeness (QED) is 0.113. The van der Waals surface area contributed by atoms with Gasteiger partial charge in [-0.05, 0) is 25.2 Å². The summed E-state index contributed by atoms with van der Waals surface area (Å²) in [5, 5.41) is 3.11. The van der Waals surface area contributed by atoms with Crippen LogP contribution in [0.25, 0.3) is 0 Å². The molecule has 1 N–H and O–H groups in total. The normalized spacial score (nSPS) is 24.1. The van der Waals surface area contributed by atoms with Crippen molar-refractivity contribution in [2.24, 2.45) is 5.92 Å². The summed E-state index contributed by atoms with van der Waals surface area (Å²) in [5.74, 6) is 1.08. The molecule has 5 nitrogen and oxygen atoms in total. The summed E-state index contributed by atoms with van der Waals surface area (Å²) < 4.78 is 6.47. The van der Waals surface area contributed by atoms with E-state index in [4.69, 9.17) is 9.57 Å². The van der Waals surface area contributed by atoms with Crippen LogP contribution in [-0.4, -0.2) is 49.1 Å². The molecule has 0 radical (unpaired) electrons. The van der Waals surface area contributed by atoms with E-state index in [1.165, 1.54) is 77.0 Å². The van der Waals surface area contributed by atoms with Gasteiger partial charge in [-0.2, -0.15) is 0 Å². The zero-order valence-corrected chi connectivity index (χ0v) is 22.3. The molecular formula is C28H55N2O3+. The molecule has 0 saturated carbocycles. The fraction of sp³-hybridized carbons (Fsp3) is 0.964. The molecule has 0 aromatic heterocycles. The van der Waals surface area contributed by atoms with E-state index in [0.717, 1.165) is 62.5 Å². The Hall–Kier alpha value is -0.650. The number of morpholine rings is 1. The summed E-state index contributed by atoms with van der Waals surface area (Å²) in [6.45, 7) is 11.2. The Bertz CT molecular complexity index is 523. The standard InChI is InChI=1S/C28H54N2O3/c1-4-22-30-23-24-32-25-28(30,33-30)20-17-21-29-27(31)19-16-14-12-10-8-6-5-7-9-11-13-15-18-26(2)3/h26H,4-25H2,1-3H3/p+1. The van der Waals surface area contributed by atoms with E-state index in [-0.39, 0.29) is 11.6 Å². The predicted molar refractivity (Wildman–Crippen MR) is 137 cm³/mol. The second kappa shape index (κ2) is 16.1. The lowest BCUT2D eigenvalue weighted by Gasteiger charge is -2.23. The van der Waals surface area contributed by atoms with Crippen LogP contribution in [-0.2, 0) is 14.4 Å². The highest BCUT2D eigenvalue weighted by atomic mass is 16.9. The van der Waals surface area contributed by atoms with Crippen LogP contribution in [0.2, 0.25) is 0 Å². The maximum Gasteiger partial charge on any atom is 0.306 e. The number of carbonyl (C=O) groups excluding carboxylic acids is 1. The molecule has 2 aliphatic heterocycles. The second-order valence-corrected chi connectivity index (χ2v) is 11.1. The van der Waals surface area contributed by atoms with Gasteiger partial charge in [0.1, 0.15) is 19.7 Å². The fourth-order valence-corrected chi connectivity index (χ4v) is 5.47. The topological polar surface area (TPSA) is 50.9 Å². The number of hydroxylamine groups is 3. The zero-order chi connectivity index (χ0) is 23.8. The monoisotopic (exact) mass is 467 g/mol. The van der Waals surface area contributed by atoms with Crippen LogP contribution in [0.1, 0.15) is 130 Å². The third kappa shape index (κ3) is 10.7. The van der Waals surface area contributed by atoms with Crippen molar-refractivity contribution in [2.75, 3.05) is 32.8 Å². The van der Waals surface area contributed by atoms with Crippen molar-refractivity contribution in [1.82, 2.24) is 5.32 Å². The van der Waals surface area contributed by atoms with E-state index < -0.39 is 0 Å². The van der Waals surface area contributed by atoms with Crippen molar-refractivity contribution < 1.29 is 19.0 Å². The van der Waals surface area contributed by atoms with Gasteiger partial charge in [0.05, 0.1) is 6.61 Å². The minimum Gasteiger partial charge on any atom is -0.366 e. The van der Waals surface area contributed by atoms with E-state index in [1.54, 1.807) is 0 Å². The molecule has 2 saturated heterocycles. The number of nitrogens with zero attached hydrogens (tertiary/aromatic N) is 1. The van der Waals surface area contributed by atoms with Crippen molar-refractivity contribution >= 4 is 5.91 Å². The van der Waals surface area contributed by atoms with Gasteiger partial charge in [-0.1, -0.05) is 97.8 Å². The molecule has 2 fully saturated rings. The lowest BCUT2D eigenvalue weighted by molar-refractivity contribution is -0.934. The lowest BCUT2D eigenvalue weighted by Crippen LogP contribution is -2.46. The third-order valence-electron chi connectivity index (χ3n) is 7.57. The number of nitrogens with one attached hydrogen (secondary N) is 1. The highest BCUT2D eigenvalue weighted by Crippen LogP contribution is 2.50. The van der Waals surface area contributed by atoms with Gasteiger partial charge in [0.25, 0.3) is 0 Å². The first-order chi connectivity index (χ1) is 16.0. The first kappa shape index (κ1) is 28.6. The number of unbranched alkanes of at least 4 members (excludes halogenated alkanes) is 11. The Morgan fingerprint density at radius 2 is 1.52 bits per heavy atom. The SMILES string of the molecule is CCC[N+]12CCOCC1(CCCNC(=O)CCCCCCCCCCCCCCC(C)C)O2. The minimum absolute atomic E-state index is 0.119. The Kier molecular flexibility index (Phi) is 13.9. The number of amides is 1. The molecule has 2 aliphatic rings. The number of quaternary nitrogens is 1. The molecule has 0 aliphatic carbocycles. The number of carbonyl (C=O) groups is 1. The van der Waals surface area contributed by atoms with E-state index >= 15 is 0 Å². The summed E-state index contributed by atoms with van der Waals surface area (Å²) in [6.07, 6.45) is 21.3. The first-order valence-electron chi connectivity index (χ1n) is 14.5. The van der Waals surface area contributed by atoms with Crippen LogP contribution in [0, 0.1) is 5.92 Å². The average Bonchev–Trinajstić information content (AvgIpc) is 3.45. The van der Waals surface area contributed by atoms with E-state index in [0.29, 0.717) is 13.0 Å². The van der Waals surface area contributed by atoms with Gasteiger partial charge in [-0.25, -0.2) is 0 Å². The highest BCUT2D eigenvalue weighted by molar-refractivity contribution is 5.75. The number of ether oxygens (including phenoxy) is 1. The Labute approximate surface area is 204 Å². The highest BCUT2D eigenvalue weighted by Gasteiger charge is 2.74. The largest absolute Gasteiger partial charge is 0.366 e. The zero-order valence-electron chi connectivity index (χ0n) is 22.3. The van der Waals surface area contributed by atoms with Crippen LogP contribution >= 0.6 is 0 Å². The van der Waals surface area contributed by atoms with Crippen molar-refractivity contribution in [2.45, 2.75) is 136 Å².